The van der Waals surface area contributed by atoms with E-state index in [1.807, 2.05) is 43.3 Å². The van der Waals surface area contributed by atoms with Gasteiger partial charge < -0.3 is 4.90 Å². The lowest BCUT2D eigenvalue weighted by atomic mass is 10.1. The van der Waals surface area contributed by atoms with Gasteiger partial charge >= 0.3 is 0 Å². The molecule has 1 aromatic carbocycles. The maximum Gasteiger partial charge on any atom is 0.292 e. The summed E-state index contributed by atoms with van der Waals surface area (Å²) in [6, 6.07) is 11.6. The lowest BCUT2D eigenvalue weighted by molar-refractivity contribution is 0.0772. The van der Waals surface area contributed by atoms with Gasteiger partial charge in [-0.2, -0.15) is 0 Å². The Kier molecular flexibility index (Phi) is 3.61. The largest absolute Gasteiger partial charge is 0.335 e. The number of benzene rings is 1. The summed E-state index contributed by atoms with van der Waals surface area (Å²) in [6.07, 6.45) is 3.53. The number of carbonyl (C=O) groups excluding carboxylic acids is 1. The number of hydrogen-bond donors (Lipinski definition) is 0. The molecule has 4 aromatic rings. The van der Waals surface area contributed by atoms with Gasteiger partial charge in [-0.1, -0.05) is 18.2 Å². The zero-order valence-corrected chi connectivity index (χ0v) is 13.9. The number of hydrogen-bond acceptors (Lipinski definition) is 5. The van der Waals surface area contributed by atoms with Gasteiger partial charge in [-0.3, -0.25) is 14.2 Å². The zero-order valence-electron chi connectivity index (χ0n) is 13.9. The van der Waals surface area contributed by atoms with Crippen molar-refractivity contribution in [1.29, 1.82) is 0 Å². The molecule has 0 spiro atoms. The quantitative estimate of drug-likeness (QED) is 0.575. The monoisotopic (exact) mass is 332 g/mol. The number of pyridine rings is 1. The summed E-state index contributed by atoms with van der Waals surface area (Å²) < 4.78 is 1.61. The van der Waals surface area contributed by atoms with Crippen LogP contribution in [-0.4, -0.2) is 42.4 Å². The molecule has 124 valence electrons. The predicted octanol–water partition coefficient (Wildman–Crippen LogP) is 2.25. The summed E-state index contributed by atoms with van der Waals surface area (Å²) >= 11 is 0. The third-order valence-electron chi connectivity index (χ3n) is 4.10. The average molecular weight is 332 g/mol. The number of fused-ring (bicyclic) bond motifs is 2. The van der Waals surface area contributed by atoms with Crippen LogP contribution < -0.4 is 0 Å². The number of aryl methyl sites for hydroxylation is 1. The highest BCUT2D eigenvalue weighted by molar-refractivity contribution is 5.91. The Labute approximate surface area is 144 Å². The summed E-state index contributed by atoms with van der Waals surface area (Å²) in [7, 11) is 1.75. The fourth-order valence-electron chi connectivity index (χ4n) is 2.82. The summed E-state index contributed by atoms with van der Waals surface area (Å²) in [5, 5.41) is 9.03. The van der Waals surface area contributed by atoms with Crippen molar-refractivity contribution in [3.63, 3.8) is 0 Å². The van der Waals surface area contributed by atoms with Crippen molar-refractivity contribution in [1.82, 2.24) is 29.5 Å². The van der Waals surface area contributed by atoms with E-state index in [1.54, 1.807) is 28.7 Å². The highest BCUT2D eigenvalue weighted by atomic mass is 16.2. The third kappa shape index (κ3) is 2.69. The Morgan fingerprint density at radius 3 is 2.92 bits per heavy atom. The van der Waals surface area contributed by atoms with Gasteiger partial charge in [0, 0.05) is 37.1 Å². The Balaban J connectivity index is 1.65. The molecule has 0 aliphatic rings. The molecule has 3 aromatic heterocycles. The minimum Gasteiger partial charge on any atom is -0.335 e. The number of amides is 1. The summed E-state index contributed by atoms with van der Waals surface area (Å²) in [6.45, 7) is 2.33. The molecular formula is C18H16N6O. The maximum atomic E-state index is 12.8. The minimum atomic E-state index is -0.209. The third-order valence-corrected chi connectivity index (χ3v) is 4.10. The zero-order chi connectivity index (χ0) is 17.4. The minimum absolute atomic E-state index is 0.209. The second-order valence-electron chi connectivity index (χ2n) is 5.91. The van der Waals surface area contributed by atoms with Gasteiger partial charge in [-0.15, -0.1) is 10.2 Å². The molecule has 1 amide bonds. The van der Waals surface area contributed by atoms with Crippen LogP contribution in [0.4, 0.5) is 0 Å². The Morgan fingerprint density at radius 2 is 2.04 bits per heavy atom. The highest BCUT2D eigenvalue weighted by Crippen LogP contribution is 2.18. The molecule has 0 aliphatic heterocycles. The summed E-state index contributed by atoms with van der Waals surface area (Å²) in [5.41, 5.74) is 2.77. The van der Waals surface area contributed by atoms with E-state index < -0.39 is 0 Å². The van der Waals surface area contributed by atoms with Crippen molar-refractivity contribution in [2.24, 2.45) is 0 Å². The molecule has 0 unspecified atom stereocenters. The molecule has 7 nitrogen and oxygen atoms in total. The molecule has 0 saturated heterocycles. The summed E-state index contributed by atoms with van der Waals surface area (Å²) in [4.78, 5) is 23.1. The molecule has 0 N–H and O–H groups in total. The fourth-order valence-corrected chi connectivity index (χ4v) is 2.82. The Morgan fingerprint density at radius 1 is 1.16 bits per heavy atom. The molecule has 0 bridgehead atoms. The topological polar surface area (TPSA) is 76.3 Å². The Hall–Kier alpha value is -3.35. The van der Waals surface area contributed by atoms with Crippen LogP contribution in [0.5, 0.6) is 0 Å². The molecule has 0 radical (unpaired) electrons. The highest BCUT2D eigenvalue weighted by Gasteiger charge is 2.19. The lowest BCUT2D eigenvalue weighted by Crippen LogP contribution is -2.28. The van der Waals surface area contributed by atoms with E-state index in [0.717, 1.165) is 22.2 Å². The van der Waals surface area contributed by atoms with Gasteiger partial charge in [0.15, 0.2) is 0 Å². The van der Waals surface area contributed by atoms with Crippen molar-refractivity contribution in [3.8, 4) is 0 Å². The fraction of sp³-hybridized carbons (Fsp3) is 0.167. The van der Waals surface area contributed by atoms with Crippen molar-refractivity contribution in [2.75, 3.05) is 7.05 Å². The van der Waals surface area contributed by atoms with Crippen LogP contribution in [0.1, 0.15) is 21.9 Å². The molecule has 4 rings (SSSR count). The Bertz CT molecular complexity index is 1080. The van der Waals surface area contributed by atoms with Crippen LogP contribution in [0.2, 0.25) is 0 Å². The van der Waals surface area contributed by atoms with E-state index in [0.29, 0.717) is 12.3 Å². The van der Waals surface area contributed by atoms with Crippen molar-refractivity contribution < 1.29 is 4.79 Å². The van der Waals surface area contributed by atoms with E-state index in [2.05, 4.69) is 20.2 Å². The first-order chi connectivity index (χ1) is 12.1. The summed E-state index contributed by atoms with van der Waals surface area (Å²) in [5.74, 6) is 0.466. The molecule has 25 heavy (non-hydrogen) atoms. The van der Waals surface area contributed by atoms with Gasteiger partial charge in [0.2, 0.25) is 5.82 Å². The van der Waals surface area contributed by atoms with Crippen LogP contribution in [-0.2, 0) is 6.54 Å². The van der Waals surface area contributed by atoms with Crippen molar-refractivity contribution in [2.45, 2.75) is 13.5 Å². The molecule has 0 atom stereocenters. The first-order valence-corrected chi connectivity index (χ1v) is 7.90. The predicted molar refractivity (Wildman–Crippen MR) is 93.1 cm³/mol. The van der Waals surface area contributed by atoms with Crippen molar-refractivity contribution >= 4 is 22.6 Å². The van der Waals surface area contributed by atoms with Crippen LogP contribution in [0, 0.1) is 6.92 Å². The smallest absolute Gasteiger partial charge is 0.292 e. The van der Waals surface area contributed by atoms with Gasteiger partial charge in [-0.25, -0.2) is 4.98 Å². The lowest BCUT2D eigenvalue weighted by Gasteiger charge is -2.17. The van der Waals surface area contributed by atoms with Crippen molar-refractivity contribution in [3.05, 3.63) is 65.9 Å². The van der Waals surface area contributed by atoms with Gasteiger partial charge in [-0.05, 0) is 30.7 Å². The number of aromatic nitrogens is 5. The van der Waals surface area contributed by atoms with E-state index >= 15 is 0 Å². The average Bonchev–Trinajstić information content (AvgIpc) is 3.04. The first kappa shape index (κ1) is 15.2. The normalized spacial score (nSPS) is 11.1. The van der Waals surface area contributed by atoms with Crippen LogP contribution in [0.25, 0.3) is 16.7 Å². The number of rotatable bonds is 3. The van der Waals surface area contributed by atoms with Crippen LogP contribution >= 0.6 is 0 Å². The maximum absolute atomic E-state index is 12.8. The van der Waals surface area contributed by atoms with Crippen LogP contribution in [0.3, 0.4) is 0 Å². The standard InChI is InChI=1S/C18H16N6O/c1-12-8-10-24-16(21-22-18(24)20-12)17(25)23(2)11-13-5-3-7-15-14(13)6-4-9-19-15/h3-10H,11H2,1-2H3. The number of nitrogens with zero attached hydrogens (tertiary/aromatic N) is 6. The van der Waals surface area contributed by atoms with Gasteiger partial charge in [0.25, 0.3) is 11.7 Å². The van der Waals surface area contributed by atoms with E-state index in [4.69, 9.17) is 0 Å². The molecule has 0 aliphatic carbocycles. The van der Waals surface area contributed by atoms with Gasteiger partial charge in [0.05, 0.1) is 5.52 Å². The number of carbonyl (C=O) groups is 1. The second kappa shape index (κ2) is 5.94. The second-order valence-corrected chi connectivity index (χ2v) is 5.91. The SMILES string of the molecule is Cc1ccn2c(C(=O)N(C)Cc3cccc4ncccc34)nnc2n1. The van der Waals surface area contributed by atoms with E-state index in [-0.39, 0.29) is 11.7 Å². The first-order valence-electron chi connectivity index (χ1n) is 7.90. The molecule has 0 fully saturated rings. The molecule has 7 heteroatoms. The van der Waals surface area contributed by atoms with E-state index in [1.165, 1.54) is 0 Å². The molecule has 0 saturated carbocycles. The van der Waals surface area contributed by atoms with E-state index in [9.17, 15) is 4.79 Å². The molecular weight excluding hydrogens is 316 g/mol. The van der Waals surface area contributed by atoms with Crippen LogP contribution in [0.15, 0.2) is 48.8 Å². The van der Waals surface area contributed by atoms with Gasteiger partial charge in [0.1, 0.15) is 0 Å². The molecule has 3 heterocycles.